The first kappa shape index (κ1) is 15.9. The predicted octanol–water partition coefficient (Wildman–Crippen LogP) is 2.57. The topological polar surface area (TPSA) is 41.4 Å². The maximum Gasteiger partial charge on any atom is 0.435 e. The molecule has 24 heavy (non-hydrogen) atoms. The van der Waals surface area contributed by atoms with Crippen LogP contribution in [0, 0.1) is 0 Å². The van der Waals surface area contributed by atoms with E-state index in [0.717, 1.165) is 37.3 Å². The molecule has 0 N–H and O–H groups in total. The van der Waals surface area contributed by atoms with Gasteiger partial charge in [0.1, 0.15) is 4.83 Å². The quantitative estimate of drug-likeness (QED) is 0.787. The lowest BCUT2D eigenvalue weighted by atomic mass is 10.1. The Morgan fingerprint density at radius 2 is 2.12 bits per heavy atom. The van der Waals surface area contributed by atoms with Crippen molar-refractivity contribution in [2.45, 2.75) is 25.1 Å². The first-order valence-corrected chi connectivity index (χ1v) is 8.73. The van der Waals surface area contributed by atoms with Gasteiger partial charge in [-0.25, -0.2) is 0 Å². The molecule has 2 aliphatic rings. The van der Waals surface area contributed by atoms with Gasteiger partial charge in [0, 0.05) is 38.1 Å². The number of alkyl halides is 3. The summed E-state index contributed by atoms with van der Waals surface area (Å²) in [4.78, 5) is 17.6. The van der Waals surface area contributed by atoms with E-state index in [9.17, 15) is 18.0 Å². The molecule has 5 nitrogen and oxygen atoms in total. The van der Waals surface area contributed by atoms with Crippen molar-refractivity contribution in [2.75, 3.05) is 26.2 Å². The van der Waals surface area contributed by atoms with E-state index < -0.39 is 11.9 Å². The van der Waals surface area contributed by atoms with Gasteiger partial charge in [-0.05, 0) is 25.5 Å². The summed E-state index contributed by atoms with van der Waals surface area (Å²) in [6, 6.07) is 1.74. The molecule has 2 aliphatic heterocycles. The highest BCUT2D eigenvalue weighted by Crippen LogP contribution is 2.37. The normalized spacial score (nSPS) is 22.3. The molecule has 0 bridgehead atoms. The average Bonchev–Trinajstić information content (AvgIpc) is 3.21. The minimum Gasteiger partial charge on any atom is -0.335 e. The number of rotatable bonds is 1. The van der Waals surface area contributed by atoms with Crippen LogP contribution in [0.15, 0.2) is 6.07 Å². The SMILES string of the molecule is Cn1nc(C(F)(F)F)c2cc(C(=O)N3CCN4CCC[C@@H]4C3)sc21. The van der Waals surface area contributed by atoms with E-state index in [1.54, 1.807) is 4.90 Å². The smallest absolute Gasteiger partial charge is 0.335 e. The molecule has 4 rings (SSSR count). The second-order valence-corrected chi connectivity index (χ2v) is 7.41. The fourth-order valence-electron chi connectivity index (χ4n) is 3.69. The van der Waals surface area contributed by atoms with Crippen molar-refractivity contribution in [2.24, 2.45) is 7.05 Å². The average molecular weight is 358 g/mol. The zero-order valence-electron chi connectivity index (χ0n) is 13.1. The van der Waals surface area contributed by atoms with Crippen molar-refractivity contribution in [3.8, 4) is 0 Å². The number of halogens is 3. The van der Waals surface area contributed by atoms with Gasteiger partial charge in [0.15, 0.2) is 5.69 Å². The highest BCUT2D eigenvalue weighted by Gasteiger charge is 2.38. The van der Waals surface area contributed by atoms with Gasteiger partial charge in [0.25, 0.3) is 5.91 Å². The largest absolute Gasteiger partial charge is 0.435 e. The number of nitrogens with zero attached hydrogens (tertiary/aromatic N) is 4. The van der Waals surface area contributed by atoms with Crippen LogP contribution in [-0.4, -0.2) is 57.7 Å². The van der Waals surface area contributed by atoms with Gasteiger partial charge in [-0.2, -0.15) is 18.3 Å². The molecule has 0 spiro atoms. The van der Waals surface area contributed by atoms with Crippen LogP contribution in [0.5, 0.6) is 0 Å². The van der Waals surface area contributed by atoms with Gasteiger partial charge < -0.3 is 4.90 Å². The maximum absolute atomic E-state index is 13.1. The van der Waals surface area contributed by atoms with E-state index in [4.69, 9.17) is 0 Å². The summed E-state index contributed by atoms with van der Waals surface area (Å²) in [5.41, 5.74) is -0.920. The van der Waals surface area contributed by atoms with Gasteiger partial charge >= 0.3 is 6.18 Å². The minimum atomic E-state index is -4.52. The van der Waals surface area contributed by atoms with E-state index in [1.807, 2.05) is 0 Å². The molecule has 0 saturated carbocycles. The van der Waals surface area contributed by atoms with E-state index >= 15 is 0 Å². The molecular weight excluding hydrogens is 341 g/mol. The van der Waals surface area contributed by atoms with Crippen molar-refractivity contribution >= 4 is 27.5 Å². The van der Waals surface area contributed by atoms with Gasteiger partial charge in [-0.1, -0.05) is 0 Å². The van der Waals surface area contributed by atoms with Crippen LogP contribution in [0.25, 0.3) is 10.2 Å². The Morgan fingerprint density at radius 3 is 2.88 bits per heavy atom. The van der Waals surface area contributed by atoms with E-state index in [1.165, 1.54) is 17.8 Å². The molecule has 4 heterocycles. The fraction of sp³-hybridized carbons (Fsp3) is 0.600. The minimum absolute atomic E-state index is 0.0119. The van der Waals surface area contributed by atoms with E-state index in [-0.39, 0.29) is 11.3 Å². The Kier molecular flexibility index (Phi) is 3.61. The molecular formula is C15H17F3N4OS. The van der Waals surface area contributed by atoms with Crippen molar-refractivity contribution in [1.82, 2.24) is 19.6 Å². The van der Waals surface area contributed by atoms with E-state index in [2.05, 4.69) is 10.00 Å². The molecule has 130 valence electrons. The van der Waals surface area contributed by atoms with Crippen molar-refractivity contribution in [1.29, 1.82) is 0 Å². The standard InChI is InChI=1S/C15H17F3N4OS/c1-20-14-10(12(19-20)15(16,17)18)7-11(24-14)13(23)22-6-5-21-4-2-3-9(21)8-22/h7,9H,2-6,8H2,1H3/t9-/m1/s1. The number of aromatic nitrogens is 2. The highest BCUT2D eigenvalue weighted by molar-refractivity contribution is 7.20. The van der Waals surface area contributed by atoms with Crippen LogP contribution in [0.2, 0.25) is 0 Å². The summed E-state index contributed by atoms with van der Waals surface area (Å²) in [7, 11) is 1.47. The maximum atomic E-state index is 13.1. The van der Waals surface area contributed by atoms with Gasteiger partial charge in [-0.15, -0.1) is 11.3 Å². The summed E-state index contributed by atoms with van der Waals surface area (Å²) in [5.74, 6) is -0.170. The predicted molar refractivity (Wildman–Crippen MR) is 84.1 cm³/mol. The van der Waals surface area contributed by atoms with Crippen molar-refractivity contribution in [3.63, 3.8) is 0 Å². The Balaban J connectivity index is 1.63. The monoisotopic (exact) mass is 358 g/mol. The number of piperazine rings is 1. The van der Waals surface area contributed by atoms with Crippen LogP contribution in [0.3, 0.4) is 0 Å². The molecule has 2 aromatic heterocycles. The molecule has 2 saturated heterocycles. The van der Waals surface area contributed by atoms with Gasteiger partial charge in [0.05, 0.1) is 4.88 Å². The second-order valence-electron chi connectivity index (χ2n) is 6.38. The second kappa shape index (κ2) is 5.45. The zero-order valence-corrected chi connectivity index (χ0v) is 14.0. The van der Waals surface area contributed by atoms with Crippen LogP contribution >= 0.6 is 11.3 Å². The van der Waals surface area contributed by atoms with Crippen molar-refractivity contribution in [3.05, 3.63) is 16.6 Å². The van der Waals surface area contributed by atoms with Crippen LogP contribution in [-0.2, 0) is 13.2 Å². The van der Waals surface area contributed by atoms with Gasteiger partial charge in [-0.3, -0.25) is 14.4 Å². The molecule has 0 unspecified atom stereocenters. The number of thiophene rings is 1. The molecule has 2 fully saturated rings. The van der Waals surface area contributed by atoms with Crippen LogP contribution in [0.4, 0.5) is 13.2 Å². The molecule has 1 atom stereocenters. The van der Waals surface area contributed by atoms with Crippen LogP contribution < -0.4 is 0 Å². The summed E-state index contributed by atoms with van der Waals surface area (Å²) in [6.07, 6.45) is -2.29. The lowest BCUT2D eigenvalue weighted by molar-refractivity contribution is -0.140. The lowest BCUT2D eigenvalue weighted by Crippen LogP contribution is -2.51. The first-order chi connectivity index (χ1) is 11.3. The Labute approximate surface area is 140 Å². The third-order valence-corrected chi connectivity index (χ3v) is 6.06. The Morgan fingerprint density at radius 1 is 1.33 bits per heavy atom. The lowest BCUT2D eigenvalue weighted by Gasteiger charge is -2.37. The number of aryl methyl sites for hydroxylation is 1. The summed E-state index contributed by atoms with van der Waals surface area (Å²) in [6.45, 7) is 3.22. The number of amides is 1. The fourth-order valence-corrected chi connectivity index (χ4v) is 4.73. The molecule has 0 aliphatic carbocycles. The Hall–Kier alpha value is -1.61. The molecule has 0 aromatic carbocycles. The number of hydrogen-bond donors (Lipinski definition) is 0. The first-order valence-electron chi connectivity index (χ1n) is 7.91. The summed E-state index contributed by atoms with van der Waals surface area (Å²) in [5, 5.41) is 3.56. The summed E-state index contributed by atoms with van der Waals surface area (Å²) < 4.78 is 40.4. The highest BCUT2D eigenvalue weighted by atomic mass is 32.1. The summed E-state index contributed by atoms with van der Waals surface area (Å²) >= 11 is 1.08. The number of carbonyl (C=O) groups is 1. The zero-order chi connectivity index (χ0) is 17.1. The third-order valence-electron chi connectivity index (χ3n) is 4.87. The molecule has 0 radical (unpaired) electrons. The van der Waals surface area contributed by atoms with Crippen molar-refractivity contribution < 1.29 is 18.0 Å². The van der Waals surface area contributed by atoms with Gasteiger partial charge in [0.2, 0.25) is 0 Å². The number of fused-ring (bicyclic) bond motifs is 2. The Bertz CT molecular complexity index is 797. The van der Waals surface area contributed by atoms with Crippen LogP contribution in [0.1, 0.15) is 28.2 Å². The molecule has 9 heteroatoms. The molecule has 1 amide bonds. The number of hydrogen-bond acceptors (Lipinski definition) is 4. The number of carbonyl (C=O) groups excluding carboxylic acids is 1. The third kappa shape index (κ3) is 2.50. The molecule has 2 aromatic rings. The van der Waals surface area contributed by atoms with E-state index in [0.29, 0.717) is 28.8 Å².